The van der Waals surface area contributed by atoms with Crippen LogP contribution in [0, 0.1) is 0 Å². The van der Waals surface area contributed by atoms with Crippen LogP contribution < -0.4 is 16.4 Å². The van der Waals surface area contributed by atoms with Crippen molar-refractivity contribution in [3.05, 3.63) is 24.5 Å². The molecule has 4 aromatic rings. The van der Waals surface area contributed by atoms with Gasteiger partial charge in [0.2, 0.25) is 5.91 Å². The van der Waals surface area contributed by atoms with Crippen molar-refractivity contribution in [2.24, 2.45) is 0 Å². The van der Waals surface area contributed by atoms with Gasteiger partial charge in [-0.2, -0.15) is 5.10 Å². The quantitative estimate of drug-likeness (QED) is 0.422. The Morgan fingerprint density at radius 2 is 2.00 bits per heavy atom. The van der Waals surface area contributed by atoms with Crippen LogP contribution in [0.1, 0.15) is 25.8 Å². The number of carbonyl (C=O) groups is 2. The van der Waals surface area contributed by atoms with Gasteiger partial charge in [0.05, 0.1) is 21.6 Å². The van der Waals surface area contributed by atoms with Crippen molar-refractivity contribution < 1.29 is 9.59 Å². The van der Waals surface area contributed by atoms with E-state index < -0.39 is 0 Å². The van der Waals surface area contributed by atoms with E-state index in [2.05, 4.69) is 25.6 Å². The molecule has 1 aliphatic rings. The van der Waals surface area contributed by atoms with Crippen LogP contribution in [0.5, 0.6) is 0 Å². The number of benzene rings is 1. The van der Waals surface area contributed by atoms with E-state index in [-0.39, 0.29) is 18.0 Å². The van der Waals surface area contributed by atoms with E-state index in [9.17, 15) is 9.59 Å². The molecule has 33 heavy (non-hydrogen) atoms. The molecule has 4 N–H and O–H groups in total. The maximum atomic E-state index is 11.7. The molecular weight excluding hydrogens is 442 g/mol. The van der Waals surface area contributed by atoms with E-state index in [4.69, 9.17) is 10.8 Å². The topological polar surface area (TPSA) is 144 Å². The van der Waals surface area contributed by atoms with E-state index in [1.54, 1.807) is 14.0 Å². The third kappa shape index (κ3) is 3.82. The normalized spacial score (nSPS) is 14.7. The number of nitrogens with zero attached hydrogens (tertiary/aromatic N) is 6. The van der Waals surface area contributed by atoms with E-state index in [1.807, 2.05) is 27.8 Å². The van der Waals surface area contributed by atoms with Crippen molar-refractivity contribution in [1.29, 1.82) is 0 Å². The molecule has 1 aliphatic heterocycles. The number of thiazole rings is 1. The highest BCUT2D eigenvalue weighted by Crippen LogP contribution is 2.36. The molecule has 0 atom stereocenters. The number of nitrogens with two attached hydrogens (primary N) is 1. The summed E-state index contributed by atoms with van der Waals surface area (Å²) < 4.78 is 2.84. The summed E-state index contributed by atoms with van der Waals surface area (Å²) in [7, 11) is 1.55. The maximum Gasteiger partial charge on any atom is 0.320 e. The second-order valence-corrected chi connectivity index (χ2v) is 8.92. The Kier molecular flexibility index (Phi) is 5.29. The fourth-order valence-corrected chi connectivity index (χ4v) is 5.06. The summed E-state index contributed by atoms with van der Waals surface area (Å²) in [6, 6.07) is 5.61. The molecule has 3 amide bonds. The molecule has 0 saturated carbocycles. The standard InChI is InChI=1S/C21H23N9O2S/c1-11(31)29-7-5-13(6-8-29)30-19-16(18(22)24-10-25-19)17(28-30)12-3-4-14-15(9-12)33-21(26-14)27-20(32)23-2/h3-4,9-10,13H,5-8H2,1-2H3,(H2,22,24,25)(H2,23,26,27,32). The molecule has 0 bridgehead atoms. The van der Waals surface area contributed by atoms with Gasteiger partial charge in [-0.15, -0.1) is 0 Å². The van der Waals surface area contributed by atoms with Crippen molar-refractivity contribution in [3.63, 3.8) is 0 Å². The smallest absolute Gasteiger partial charge is 0.320 e. The Labute approximate surface area is 193 Å². The van der Waals surface area contributed by atoms with Crippen molar-refractivity contribution in [1.82, 2.24) is 34.9 Å². The summed E-state index contributed by atoms with van der Waals surface area (Å²) in [6.45, 7) is 2.97. The number of nitrogens with one attached hydrogen (secondary N) is 2. The average Bonchev–Trinajstić information content (AvgIpc) is 3.40. The monoisotopic (exact) mass is 465 g/mol. The van der Waals surface area contributed by atoms with Gasteiger partial charge in [0, 0.05) is 32.6 Å². The van der Waals surface area contributed by atoms with Gasteiger partial charge in [-0.1, -0.05) is 17.4 Å². The summed E-state index contributed by atoms with van der Waals surface area (Å²) in [5, 5.41) is 11.4. The molecule has 1 fully saturated rings. The molecule has 11 nitrogen and oxygen atoms in total. The molecule has 1 saturated heterocycles. The molecule has 0 unspecified atom stereocenters. The van der Waals surface area contributed by atoms with Gasteiger partial charge in [0.15, 0.2) is 10.8 Å². The minimum Gasteiger partial charge on any atom is -0.383 e. The Morgan fingerprint density at radius 3 is 2.73 bits per heavy atom. The fraction of sp³-hybridized carbons (Fsp3) is 0.333. The summed E-state index contributed by atoms with van der Waals surface area (Å²) in [4.78, 5) is 38.3. The van der Waals surface area contributed by atoms with Crippen LogP contribution in [-0.2, 0) is 4.79 Å². The maximum absolute atomic E-state index is 11.7. The van der Waals surface area contributed by atoms with Crippen LogP contribution in [0.15, 0.2) is 24.5 Å². The average molecular weight is 466 g/mol. The minimum absolute atomic E-state index is 0.0918. The molecule has 0 spiro atoms. The zero-order chi connectivity index (χ0) is 23.1. The summed E-state index contributed by atoms with van der Waals surface area (Å²) in [6.07, 6.45) is 3.04. The lowest BCUT2D eigenvalue weighted by Crippen LogP contribution is -2.37. The van der Waals surface area contributed by atoms with E-state index in [1.165, 1.54) is 17.7 Å². The SMILES string of the molecule is CNC(=O)Nc1nc2ccc(-c3nn(C4CCN(C(C)=O)CC4)c4ncnc(N)c34)cc2s1. The largest absolute Gasteiger partial charge is 0.383 e. The van der Waals surface area contributed by atoms with Crippen molar-refractivity contribution in [3.8, 4) is 11.3 Å². The molecule has 5 rings (SSSR count). The highest BCUT2D eigenvalue weighted by Gasteiger charge is 2.27. The molecule has 4 heterocycles. The van der Waals surface area contributed by atoms with E-state index in [0.29, 0.717) is 40.8 Å². The van der Waals surface area contributed by atoms with E-state index in [0.717, 1.165) is 28.6 Å². The lowest BCUT2D eigenvalue weighted by Gasteiger charge is -2.31. The number of aromatic nitrogens is 5. The molecule has 0 radical (unpaired) electrons. The van der Waals surface area contributed by atoms with Gasteiger partial charge < -0.3 is 16.0 Å². The number of carbonyl (C=O) groups excluding carboxylic acids is 2. The number of rotatable bonds is 3. The Balaban J connectivity index is 1.55. The first-order valence-electron chi connectivity index (χ1n) is 10.6. The van der Waals surface area contributed by atoms with Gasteiger partial charge in [-0.3, -0.25) is 10.1 Å². The van der Waals surface area contributed by atoms with Crippen molar-refractivity contribution >= 4 is 55.5 Å². The summed E-state index contributed by atoms with van der Waals surface area (Å²) in [5.41, 5.74) is 9.29. The second-order valence-electron chi connectivity index (χ2n) is 7.89. The van der Waals surface area contributed by atoms with Crippen LogP contribution in [0.25, 0.3) is 32.5 Å². The first kappa shape index (κ1) is 21.1. The third-order valence-electron chi connectivity index (χ3n) is 5.88. The number of likely N-dealkylation sites (tertiary alicyclic amines) is 1. The van der Waals surface area contributed by atoms with Crippen molar-refractivity contribution in [2.45, 2.75) is 25.8 Å². The molecule has 12 heteroatoms. The van der Waals surface area contributed by atoms with Crippen LogP contribution in [0.2, 0.25) is 0 Å². The highest BCUT2D eigenvalue weighted by atomic mass is 32.1. The van der Waals surface area contributed by atoms with Crippen LogP contribution >= 0.6 is 11.3 Å². The number of hydrogen-bond acceptors (Lipinski definition) is 8. The molecular formula is C21H23N9O2S. The zero-order valence-electron chi connectivity index (χ0n) is 18.2. The first-order chi connectivity index (χ1) is 15.9. The molecule has 1 aromatic carbocycles. The number of hydrogen-bond donors (Lipinski definition) is 3. The minimum atomic E-state index is -0.320. The number of urea groups is 1. The highest BCUT2D eigenvalue weighted by molar-refractivity contribution is 7.22. The van der Waals surface area contributed by atoms with Gasteiger partial charge in [-0.25, -0.2) is 24.4 Å². The second kappa shape index (κ2) is 8.28. The molecule has 170 valence electrons. The van der Waals surface area contributed by atoms with Crippen LogP contribution in [0.4, 0.5) is 15.7 Å². The van der Waals surface area contributed by atoms with Gasteiger partial charge in [0.25, 0.3) is 0 Å². The van der Waals surface area contributed by atoms with Crippen molar-refractivity contribution in [2.75, 3.05) is 31.2 Å². The number of anilines is 2. The van der Waals surface area contributed by atoms with Gasteiger partial charge >= 0.3 is 6.03 Å². The third-order valence-corrected chi connectivity index (χ3v) is 6.82. The predicted octanol–water partition coefficient (Wildman–Crippen LogP) is 2.62. The molecule has 3 aromatic heterocycles. The lowest BCUT2D eigenvalue weighted by atomic mass is 10.1. The Hall–Kier alpha value is -3.80. The van der Waals surface area contributed by atoms with Gasteiger partial charge in [0.1, 0.15) is 17.8 Å². The Morgan fingerprint density at radius 1 is 1.21 bits per heavy atom. The summed E-state index contributed by atoms with van der Waals surface area (Å²) >= 11 is 1.38. The van der Waals surface area contributed by atoms with Crippen LogP contribution in [-0.4, -0.2) is 61.7 Å². The van der Waals surface area contributed by atoms with Crippen LogP contribution in [0.3, 0.4) is 0 Å². The number of amides is 3. The number of fused-ring (bicyclic) bond motifs is 2. The van der Waals surface area contributed by atoms with E-state index >= 15 is 0 Å². The molecule has 0 aliphatic carbocycles. The summed E-state index contributed by atoms with van der Waals surface area (Å²) in [5.74, 6) is 0.461. The number of piperidine rings is 1. The fourth-order valence-electron chi connectivity index (χ4n) is 4.16. The predicted molar refractivity (Wildman–Crippen MR) is 127 cm³/mol. The first-order valence-corrected chi connectivity index (χ1v) is 11.4. The Bertz CT molecular complexity index is 1370. The lowest BCUT2D eigenvalue weighted by molar-refractivity contribution is -0.130. The number of nitrogen functional groups attached to an aromatic ring is 1. The van der Waals surface area contributed by atoms with Gasteiger partial charge in [-0.05, 0) is 25.0 Å². The zero-order valence-corrected chi connectivity index (χ0v) is 19.0.